The quantitative estimate of drug-likeness (QED) is 0.266. The molecule has 0 atom stereocenters. The highest BCUT2D eigenvalue weighted by Crippen LogP contribution is 2.53. The Bertz CT molecular complexity index is 1340. The molecule has 37 heavy (non-hydrogen) atoms. The van der Waals surface area contributed by atoms with Crippen molar-refractivity contribution in [2.24, 2.45) is 0 Å². The Morgan fingerprint density at radius 1 is 0.811 bits per heavy atom. The molecule has 2 aromatic carbocycles. The summed E-state index contributed by atoms with van der Waals surface area (Å²) in [6.45, 7) is 1.02. The minimum absolute atomic E-state index is 0.0872. The minimum Gasteiger partial charge on any atom is -0.322 e. The van der Waals surface area contributed by atoms with Crippen LogP contribution in [0, 0.1) is 12.7 Å². The molecule has 0 aliphatic carbocycles. The number of anilines is 2. The minimum atomic E-state index is -6.31. The van der Waals surface area contributed by atoms with E-state index in [4.69, 9.17) is 11.6 Å². The number of hydrogen-bond donors (Lipinski definition) is 2. The van der Waals surface area contributed by atoms with Gasteiger partial charge in [0.15, 0.2) is 5.82 Å². The van der Waals surface area contributed by atoms with Crippen molar-refractivity contribution in [1.82, 2.24) is 4.98 Å². The zero-order valence-electron chi connectivity index (χ0n) is 18.4. The second kappa shape index (κ2) is 9.96. The van der Waals surface area contributed by atoms with Crippen LogP contribution in [0.15, 0.2) is 54.7 Å². The molecule has 2 amide bonds. The lowest BCUT2D eigenvalue weighted by Gasteiger charge is -2.30. The molecule has 0 aliphatic rings. The molecule has 0 unspecified atom stereocenters. The van der Waals surface area contributed by atoms with Gasteiger partial charge in [0, 0.05) is 17.4 Å². The molecule has 0 saturated carbocycles. The number of amides is 2. The van der Waals surface area contributed by atoms with Crippen LogP contribution in [0.25, 0.3) is 0 Å². The Balaban J connectivity index is 1.87. The van der Waals surface area contributed by atoms with Crippen LogP contribution in [0.1, 0.15) is 31.8 Å². The number of nitrogens with one attached hydrogen (secondary N) is 2. The first kappa shape index (κ1) is 27.8. The fourth-order valence-electron chi connectivity index (χ4n) is 3.24. The van der Waals surface area contributed by atoms with Gasteiger partial charge in [0.1, 0.15) is 5.15 Å². The van der Waals surface area contributed by atoms with Crippen LogP contribution in [-0.4, -0.2) is 29.2 Å². The molecule has 0 fully saturated rings. The molecule has 3 aromatic rings. The van der Waals surface area contributed by atoms with Crippen molar-refractivity contribution in [2.75, 3.05) is 10.6 Å². The normalized spacial score (nSPS) is 12.3. The number of pyridine rings is 1. The lowest BCUT2D eigenvalue weighted by atomic mass is 9.92. The molecule has 0 bridgehead atoms. The fourth-order valence-corrected chi connectivity index (χ4v) is 3.45. The highest BCUT2D eigenvalue weighted by atomic mass is 35.5. The number of benzene rings is 2. The smallest absolute Gasteiger partial charge is 0.322 e. The third-order valence-electron chi connectivity index (χ3n) is 5.15. The second-order valence-corrected chi connectivity index (χ2v) is 7.96. The number of alkyl halides is 7. The molecular weight excluding hydrogens is 538 g/mol. The standard InChI is InChI=1S/C23H14ClF8N3O2/c1-11-10-12(21(26,22(27,28)29)23(30,31)32)7-8-15(11)34-19(36)13-4-2-6-16(17(13)25)35-20(37)14-5-3-9-33-18(14)24/h2-10H,1H3,(H,34,36)(H,35,37). The number of hydrogen-bond acceptors (Lipinski definition) is 3. The molecule has 0 spiro atoms. The molecule has 1 heterocycles. The predicted octanol–water partition coefficient (Wildman–Crippen LogP) is 6.98. The number of halogens is 9. The van der Waals surface area contributed by atoms with Crippen LogP contribution in [0.3, 0.4) is 0 Å². The van der Waals surface area contributed by atoms with Crippen molar-refractivity contribution in [3.8, 4) is 0 Å². The van der Waals surface area contributed by atoms with Crippen LogP contribution >= 0.6 is 11.6 Å². The summed E-state index contributed by atoms with van der Waals surface area (Å²) in [5, 5.41) is 4.19. The molecule has 196 valence electrons. The molecule has 3 rings (SSSR count). The van der Waals surface area contributed by atoms with E-state index < -0.39 is 52.5 Å². The SMILES string of the molecule is Cc1cc(C(F)(C(F)(F)F)C(F)(F)F)ccc1NC(=O)c1cccc(NC(=O)c2cccnc2Cl)c1F. The van der Waals surface area contributed by atoms with Crippen molar-refractivity contribution in [3.63, 3.8) is 0 Å². The number of aryl methyl sites for hydroxylation is 1. The lowest BCUT2D eigenvalue weighted by molar-refractivity contribution is -0.348. The Morgan fingerprint density at radius 3 is 1.95 bits per heavy atom. The molecule has 2 N–H and O–H groups in total. The van der Waals surface area contributed by atoms with E-state index in [9.17, 15) is 44.7 Å². The van der Waals surface area contributed by atoms with Crippen LogP contribution < -0.4 is 10.6 Å². The summed E-state index contributed by atoms with van der Waals surface area (Å²) >= 11 is 5.82. The lowest BCUT2D eigenvalue weighted by Crippen LogP contribution is -2.50. The summed E-state index contributed by atoms with van der Waals surface area (Å²) in [5.74, 6) is -3.19. The molecular formula is C23H14ClF8N3O2. The highest BCUT2D eigenvalue weighted by molar-refractivity contribution is 6.33. The van der Waals surface area contributed by atoms with E-state index >= 15 is 0 Å². The van der Waals surface area contributed by atoms with Crippen molar-refractivity contribution < 1.29 is 44.7 Å². The summed E-state index contributed by atoms with van der Waals surface area (Å²) in [5.41, 5.74) is -9.20. The van der Waals surface area contributed by atoms with E-state index in [1.165, 1.54) is 24.4 Å². The van der Waals surface area contributed by atoms with Gasteiger partial charge in [0.2, 0.25) is 0 Å². The Hall–Kier alpha value is -3.74. The first-order valence-corrected chi connectivity index (χ1v) is 10.4. The first-order chi connectivity index (χ1) is 17.1. The number of aromatic nitrogens is 1. The molecule has 14 heteroatoms. The molecule has 1 aromatic heterocycles. The van der Waals surface area contributed by atoms with Gasteiger partial charge in [-0.15, -0.1) is 0 Å². The van der Waals surface area contributed by atoms with E-state index in [-0.39, 0.29) is 34.1 Å². The summed E-state index contributed by atoms with van der Waals surface area (Å²) in [6.07, 6.45) is -11.3. The fraction of sp³-hybridized carbons (Fsp3) is 0.174. The van der Waals surface area contributed by atoms with Gasteiger partial charge < -0.3 is 10.6 Å². The van der Waals surface area contributed by atoms with Crippen molar-refractivity contribution in [3.05, 3.63) is 88.0 Å². The summed E-state index contributed by atoms with van der Waals surface area (Å²) in [7, 11) is 0. The van der Waals surface area contributed by atoms with Gasteiger partial charge in [-0.25, -0.2) is 13.8 Å². The van der Waals surface area contributed by atoms with Crippen molar-refractivity contribution >= 4 is 34.8 Å². The predicted molar refractivity (Wildman–Crippen MR) is 118 cm³/mol. The average Bonchev–Trinajstić information content (AvgIpc) is 2.79. The third-order valence-corrected chi connectivity index (χ3v) is 5.45. The maximum atomic E-state index is 15.0. The topological polar surface area (TPSA) is 71.1 Å². The van der Waals surface area contributed by atoms with Gasteiger partial charge in [-0.05, 0) is 42.8 Å². The Labute approximate surface area is 208 Å². The summed E-state index contributed by atoms with van der Waals surface area (Å²) in [4.78, 5) is 28.7. The first-order valence-electron chi connectivity index (χ1n) is 10.0. The van der Waals surface area contributed by atoms with Gasteiger partial charge in [0.05, 0.1) is 16.8 Å². The van der Waals surface area contributed by atoms with Crippen LogP contribution in [0.2, 0.25) is 5.15 Å². The summed E-state index contributed by atoms with van der Waals surface area (Å²) in [6, 6.07) is 7.20. The van der Waals surface area contributed by atoms with Crippen molar-refractivity contribution in [2.45, 2.75) is 24.9 Å². The largest absolute Gasteiger partial charge is 0.435 e. The zero-order valence-corrected chi connectivity index (χ0v) is 19.1. The number of carbonyl (C=O) groups excluding carboxylic acids is 2. The van der Waals surface area contributed by atoms with E-state index in [1.807, 2.05) is 0 Å². The van der Waals surface area contributed by atoms with E-state index in [0.29, 0.717) is 6.07 Å². The second-order valence-electron chi connectivity index (χ2n) is 7.60. The van der Waals surface area contributed by atoms with Gasteiger partial charge in [-0.2, -0.15) is 26.3 Å². The number of rotatable bonds is 5. The van der Waals surface area contributed by atoms with E-state index in [1.54, 1.807) is 0 Å². The van der Waals surface area contributed by atoms with Gasteiger partial charge in [-0.1, -0.05) is 29.8 Å². The monoisotopic (exact) mass is 551 g/mol. The maximum absolute atomic E-state index is 15.0. The summed E-state index contributed by atoms with van der Waals surface area (Å²) < 4.78 is 107. The average molecular weight is 552 g/mol. The van der Waals surface area contributed by atoms with Gasteiger partial charge in [0.25, 0.3) is 11.8 Å². The maximum Gasteiger partial charge on any atom is 0.435 e. The van der Waals surface area contributed by atoms with Crippen LogP contribution in [0.5, 0.6) is 0 Å². The third kappa shape index (κ3) is 5.36. The molecule has 0 saturated heterocycles. The van der Waals surface area contributed by atoms with E-state index in [0.717, 1.165) is 19.1 Å². The highest BCUT2D eigenvalue weighted by Gasteiger charge is 2.73. The van der Waals surface area contributed by atoms with Crippen molar-refractivity contribution in [1.29, 1.82) is 0 Å². The Kier molecular flexibility index (Phi) is 7.49. The molecule has 0 aliphatic heterocycles. The number of nitrogens with zero attached hydrogens (tertiary/aromatic N) is 1. The zero-order chi connectivity index (χ0) is 27.8. The van der Waals surface area contributed by atoms with Crippen LogP contribution in [0.4, 0.5) is 46.5 Å². The molecule has 0 radical (unpaired) electrons. The molecule has 5 nitrogen and oxygen atoms in total. The van der Waals surface area contributed by atoms with Gasteiger partial charge >= 0.3 is 18.0 Å². The Morgan fingerprint density at radius 2 is 1.38 bits per heavy atom. The number of carbonyl (C=O) groups is 2. The van der Waals surface area contributed by atoms with Gasteiger partial charge in [-0.3, -0.25) is 9.59 Å². The van der Waals surface area contributed by atoms with Crippen LogP contribution in [-0.2, 0) is 5.67 Å². The van der Waals surface area contributed by atoms with E-state index in [2.05, 4.69) is 15.6 Å².